The zero-order chi connectivity index (χ0) is 17.3. The smallest absolute Gasteiger partial charge is 0.249 e. The second-order valence-electron chi connectivity index (χ2n) is 5.91. The number of hydrogen-bond acceptors (Lipinski definition) is 4. The van der Waals surface area contributed by atoms with Gasteiger partial charge in [-0.25, -0.2) is 4.98 Å². The molecule has 2 heterocycles. The highest BCUT2D eigenvalue weighted by molar-refractivity contribution is 6.06. The lowest BCUT2D eigenvalue weighted by Gasteiger charge is -2.16. The van der Waals surface area contributed by atoms with Gasteiger partial charge in [0, 0.05) is 35.6 Å². The summed E-state index contributed by atoms with van der Waals surface area (Å²) < 4.78 is 0. The van der Waals surface area contributed by atoms with Crippen LogP contribution < -0.4 is 11.1 Å². The number of carbonyl (C=O) groups is 2. The van der Waals surface area contributed by atoms with Crippen LogP contribution >= 0.6 is 0 Å². The van der Waals surface area contributed by atoms with Crippen molar-refractivity contribution in [2.45, 2.75) is 19.8 Å². The number of rotatable bonds is 5. The van der Waals surface area contributed by atoms with E-state index in [2.05, 4.69) is 21.9 Å². The van der Waals surface area contributed by atoms with Crippen molar-refractivity contribution in [3.63, 3.8) is 0 Å². The molecular formula is C18H18N4O2. The third-order valence-electron chi connectivity index (χ3n) is 3.96. The summed E-state index contributed by atoms with van der Waals surface area (Å²) in [6.45, 7) is 5.83. The van der Waals surface area contributed by atoms with Crippen LogP contribution in [0.1, 0.15) is 35.7 Å². The second-order valence-corrected chi connectivity index (χ2v) is 5.91. The van der Waals surface area contributed by atoms with E-state index in [0.717, 1.165) is 24.0 Å². The van der Waals surface area contributed by atoms with Crippen LogP contribution in [0.4, 0.5) is 5.82 Å². The highest BCUT2D eigenvalue weighted by Crippen LogP contribution is 2.36. The standard InChI is InChI=1S/C18H18N4O2/c1-10(2)12-5-7-20-9-14(12)15-13(16(19)23)6-8-21-17(15)22-18(24)11-3-4-11/h5-9,11H,1,3-4H2,2H3,(H2,19,23)(H,21,22,24). The van der Waals surface area contributed by atoms with E-state index in [4.69, 9.17) is 5.73 Å². The summed E-state index contributed by atoms with van der Waals surface area (Å²) in [5, 5.41) is 2.82. The van der Waals surface area contributed by atoms with Gasteiger partial charge in [0.05, 0.1) is 5.56 Å². The molecule has 0 radical (unpaired) electrons. The molecule has 1 aliphatic rings. The topological polar surface area (TPSA) is 98.0 Å². The molecule has 1 saturated carbocycles. The molecule has 0 bridgehead atoms. The van der Waals surface area contributed by atoms with Gasteiger partial charge in [0.25, 0.3) is 0 Å². The molecule has 0 aliphatic heterocycles. The average Bonchev–Trinajstić information content (AvgIpc) is 3.39. The Labute approximate surface area is 139 Å². The molecule has 2 aromatic heterocycles. The monoisotopic (exact) mass is 322 g/mol. The number of nitrogens with one attached hydrogen (secondary N) is 1. The van der Waals surface area contributed by atoms with Gasteiger partial charge in [0.15, 0.2) is 0 Å². The fourth-order valence-electron chi connectivity index (χ4n) is 2.56. The molecule has 0 spiro atoms. The number of pyridine rings is 2. The first-order chi connectivity index (χ1) is 11.5. The van der Waals surface area contributed by atoms with Crippen molar-refractivity contribution in [3.8, 4) is 11.1 Å². The number of nitrogens with zero attached hydrogens (tertiary/aromatic N) is 2. The highest BCUT2D eigenvalue weighted by atomic mass is 16.2. The second kappa shape index (κ2) is 6.23. The first-order valence-electron chi connectivity index (χ1n) is 7.69. The maximum Gasteiger partial charge on any atom is 0.249 e. The van der Waals surface area contributed by atoms with Crippen molar-refractivity contribution in [1.29, 1.82) is 0 Å². The third kappa shape index (κ3) is 3.03. The van der Waals surface area contributed by atoms with E-state index >= 15 is 0 Å². The zero-order valence-corrected chi connectivity index (χ0v) is 13.4. The summed E-state index contributed by atoms with van der Waals surface area (Å²) in [5.41, 5.74) is 8.59. The van der Waals surface area contributed by atoms with E-state index in [9.17, 15) is 9.59 Å². The molecule has 6 nitrogen and oxygen atoms in total. The maximum absolute atomic E-state index is 12.2. The lowest BCUT2D eigenvalue weighted by molar-refractivity contribution is -0.117. The van der Waals surface area contributed by atoms with Crippen molar-refractivity contribution >= 4 is 23.2 Å². The van der Waals surface area contributed by atoms with E-state index < -0.39 is 5.91 Å². The van der Waals surface area contributed by atoms with Crippen molar-refractivity contribution < 1.29 is 9.59 Å². The quantitative estimate of drug-likeness (QED) is 0.884. The van der Waals surface area contributed by atoms with Crippen LogP contribution in [0.2, 0.25) is 0 Å². The van der Waals surface area contributed by atoms with E-state index in [1.54, 1.807) is 18.5 Å². The summed E-state index contributed by atoms with van der Waals surface area (Å²) in [7, 11) is 0. The van der Waals surface area contributed by atoms with Gasteiger partial charge in [-0.2, -0.15) is 0 Å². The van der Waals surface area contributed by atoms with Crippen molar-refractivity contribution in [2.24, 2.45) is 11.7 Å². The molecule has 2 aromatic rings. The summed E-state index contributed by atoms with van der Waals surface area (Å²) >= 11 is 0. The Morgan fingerprint density at radius 1 is 1.25 bits per heavy atom. The van der Waals surface area contributed by atoms with Crippen LogP contribution in [-0.4, -0.2) is 21.8 Å². The molecule has 0 saturated heterocycles. The largest absolute Gasteiger partial charge is 0.366 e. The lowest BCUT2D eigenvalue weighted by atomic mass is 9.94. The Morgan fingerprint density at radius 3 is 2.58 bits per heavy atom. The van der Waals surface area contributed by atoms with E-state index in [1.807, 2.05) is 13.0 Å². The number of amides is 2. The highest BCUT2D eigenvalue weighted by Gasteiger charge is 2.31. The van der Waals surface area contributed by atoms with Crippen LogP contribution in [0.5, 0.6) is 0 Å². The average molecular weight is 322 g/mol. The minimum atomic E-state index is -0.592. The third-order valence-corrected chi connectivity index (χ3v) is 3.96. The van der Waals surface area contributed by atoms with Gasteiger partial charge in [-0.3, -0.25) is 14.6 Å². The molecule has 24 heavy (non-hydrogen) atoms. The Bertz CT molecular complexity index is 841. The molecule has 3 rings (SSSR count). The molecule has 2 amide bonds. The maximum atomic E-state index is 12.2. The van der Waals surface area contributed by atoms with Gasteiger partial charge < -0.3 is 11.1 Å². The first kappa shape index (κ1) is 15.9. The molecule has 3 N–H and O–H groups in total. The lowest BCUT2D eigenvalue weighted by Crippen LogP contribution is -2.18. The summed E-state index contributed by atoms with van der Waals surface area (Å²) in [5.74, 6) is -0.345. The predicted octanol–water partition coefficient (Wildman–Crippen LogP) is 2.62. The Balaban J connectivity index is 2.18. The number of primary amides is 1. The fourth-order valence-corrected chi connectivity index (χ4v) is 2.56. The molecule has 0 unspecified atom stereocenters. The molecule has 0 atom stereocenters. The van der Waals surface area contributed by atoms with Crippen molar-refractivity contribution in [3.05, 3.63) is 48.4 Å². The zero-order valence-electron chi connectivity index (χ0n) is 13.4. The van der Waals surface area contributed by atoms with Gasteiger partial charge in [-0.15, -0.1) is 0 Å². The van der Waals surface area contributed by atoms with Crippen LogP contribution in [0, 0.1) is 5.92 Å². The molecular weight excluding hydrogens is 304 g/mol. The Hall–Kier alpha value is -3.02. The first-order valence-corrected chi connectivity index (χ1v) is 7.69. The van der Waals surface area contributed by atoms with Gasteiger partial charge in [0.1, 0.15) is 5.82 Å². The summed E-state index contributed by atoms with van der Waals surface area (Å²) in [6, 6.07) is 3.35. The van der Waals surface area contributed by atoms with Crippen LogP contribution in [0.25, 0.3) is 16.7 Å². The van der Waals surface area contributed by atoms with Crippen LogP contribution in [-0.2, 0) is 4.79 Å². The van der Waals surface area contributed by atoms with E-state index in [0.29, 0.717) is 16.9 Å². The van der Waals surface area contributed by atoms with Gasteiger partial charge >= 0.3 is 0 Å². The number of nitrogens with two attached hydrogens (primary N) is 1. The van der Waals surface area contributed by atoms with Crippen LogP contribution in [0.3, 0.4) is 0 Å². The number of anilines is 1. The van der Waals surface area contributed by atoms with Gasteiger partial charge in [-0.1, -0.05) is 12.2 Å². The van der Waals surface area contributed by atoms with Gasteiger partial charge in [-0.05, 0) is 37.5 Å². The molecule has 1 fully saturated rings. The minimum absolute atomic E-state index is 0.0198. The molecule has 1 aliphatic carbocycles. The van der Waals surface area contributed by atoms with Crippen molar-refractivity contribution in [1.82, 2.24) is 9.97 Å². The molecule has 0 aromatic carbocycles. The Kier molecular flexibility index (Phi) is 4.12. The number of carbonyl (C=O) groups excluding carboxylic acids is 2. The van der Waals surface area contributed by atoms with E-state index in [-0.39, 0.29) is 17.4 Å². The van der Waals surface area contributed by atoms with Crippen LogP contribution in [0.15, 0.2) is 37.3 Å². The summed E-state index contributed by atoms with van der Waals surface area (Å²) in [4.78, 5) is 32.4. The van der Waals surface area contributed by atoms with Crippen molar-refractivity contribution in [2.75, 3.05) is 5.32 Å². The van der Waals surface area contributed by atoms with Gasteiger partial charge in [0.2, 0.25) is 11.8 Å². The Morgan fingerprint density at radius 2 is 1.96 bits per heavy atom. The SMILES string of the molecule is C=C(C)c1ccncc1-c1c(C(N)=O)ccnc1NC(=O)C1CC1. The minimum Gasteiger partial charge on any atom is -0.366 e. The fraction of sp³-hybridized carbons (Fsp3) is 0.222. The number of allylic oxidation sites excluding steroid dienone is 1. The summed E-state index contributed by atoms with van der Waals surface area (Å²) in [6.07, 6.45) is 6.49. The number of hydrogen-bond donors (Lipinski definition) is 2. The normalized spacial score (nSPS) is 13.4. The molecule has 6 heteroatoms. The number of aromatic nitrogens is 2. The predicted molar refractivity (Wildman–Crippen MR) is 92.0 cm³/mol. The van der Waals surface area contributed by atoms with E-state index in [1.165, 1.54) is 6.20 Å². The molecule has 122 valence electrons.